The molecular weight excluding hydrogens is 289 g/mol. The Morgan fingerprint density at radius 1 is 1.32 bits per heavy atom. The molecule has 3 N–H and O–H groups in total. The van der Waals surface area contributed by atoms with Crippen LogP contribution in [-0.2, 0) is 6.54 Å². The molecule has 0 saturated heterocycles. The summed E-state index contributed by atoms with van der Waals surface area (Å²) >= 11 is 12.1. The molecule has 1 rings (SSSR count). The molecule has 0 aliphatic carbocycles. The largest absolute Gasteiger partial charge is 0.489 e. The van der Waals surface area contributed by atoms with Crippen LogP contribution in [-0.4, -0.2) is 35.6 Å². The summed E-state index contributed by atoms with van der Waals surface area (Å²) in [5.41, 5.74) is 0.816. The first-order valence-corrected chi connectivity index (χ1v) is 6.82. The Morgan fingerprint density at radius 3 is 2.58 bits per heavy atom. The van der Waals surface area contributed by atoms with Crippen molar-refractivity contribution >= 4 is 23.2 Å². The minimum Gasteiger partial charge on any atom is -0.489 e. The first-order chi connectivity index (χ1) is 8.93. The molecule has 0 saturated carbocycles. The third-order valence-corrected chi connectivity index (χ3v) is 2.92. The van der Waals surface area contributed by atoms with Crippen LogP contribution in [0.25, 0.3) is 0 Å². The van der Waals surface area contributed by atoms with E-state index in [9.17, 15) is 5.11 Å². The Bertz CT molecular complexity index is 413. The molecule has 0 fully saturated rings. The minimum atomic E-state index is -0.933. The topological polar surface area (TPSA) is 61.7 Å². The van der Waals surface area contributed by atoms with Crippen molar-refractivity contribution in [2.24, 2.45) is 0 Å². The molecule has 1 unspecified atom stereocenters. The van der Waals surface area contributed by atoms with Crippen molar-refractivity contribution < 1.29 is 14.9 Å². The number of halogens is 2. The average Bonchev–Trinajstić information content (AvgIpc) is 2.34. The van der Waals surface area contributed by atoms with E-state index in [1.807, 2.05) is 13.8 Å². The lowest BCUT2D eigenvalue weighted by Gasteiger charge is -2.17. The van der Waals surface area contributed by atoms with Crippen LogP contribution in [0.5, 0.6) is 5.75 Å². The van der Waals surface area contributed by atoms with Crippen LogP contribution in [0.15, 0.2) is 12.1 Å². The molecule has 0 aromatic heterocycles. The van der Waals surface area contributed by atoms with E-state index < -0.39 is 6.10 Å². The Labute approximate surface area is 123 Å². The Kier molecular flexibility index (Phi) is 6.89. The summed E-state index contributed by atoms with van der Waals surface area (Å²) in [7, 11) is 0. The summed E-state index contributed by atoms with van der Waals surface area (Å²) in [6, 6.07) is 3.67. The number of rotatable bonds is 7. The summed E-state index contributed by atoms with van der Waals surface area (Å²) in [5, 5.41) is 22.3. The highest BCUT2D eigenvalue weighted by atomic mass is 35.5. The van der Waals surface area contributed by atoms with Gasteiger partial charge in [0.15, 0.2) is 0 Å². The molecule has 1 aromatic rings. The molecule has 1 aromatic carbocycles. The van der Waals surface area contributed by atoms with Crippen molar-refractivity contribution in [1.82, 2.24) is 5.32 Å². The van der Waals surface area contributed by atoms with E-state index in [-0.39, 0.29) is 13.2 Å². The van der Waals surface area contributed by atoms with E-state index >= 15 is 0 Å². The van der Waals surface area contributed by atoms with Crippen LogP contribution in [0.1, 0.15) is 19.4 Å². The smallest absolute Gasteiger partial charge is 0.142 e. The maximum Gasteiger partial charge on any atom is 0.142 e. The van der Waals surface area contributed by atoms with Crippen molar-refractivity contribution in [2.45, 2.75) is 32.5 Å². The van der Waals surface area contributed by atoms with Crippen LogP contribution < -0.4 is 10.1 Å². The second-order valence-electron chi connectivity index (χ2n) is 4.56. The van der Waals surface area contributed by atoms with Crippen molar-refractivity contribution in [3.8, 4) is 5.75 Å². The van der Waals surface area contributed by atoms with Gasteiger partial charge in [-0.05, 0) is 12.1 Å². The van der Waals surface area contributed by atoms with Crippen molar-refractivity contribution in [2.75, 3.05) is 13.2 Å². The molecule has 4 nitrogen and oxygen atoms in total. The number of ether oxygens (including phenoxy) is 1. The van der Waals surface area contributed by atoms with Gasteiger partial charge in [-0.25, -0.2) is 0 Å². The molecule has 0 aliphatic heterocycles. The first-order valence-electron chi connectivity index (χ1n) is 6.07. The predicted octanol–water partition coefficient (Wildman–Crippen LogP) is 2.22. The molecule has 0 radical (unpaired) electrons. The van der Waals surface area contributed by atoms with Gasteiger partial charge in [0, 0.05) is 23.2 Å². The SMILES string of the molecule is CC(C)NCc1cc(Cl)cc(Cl)c1OCC(O)CO. The fourth-order valence-electron chi connectivity index (χ4n) is 1.45. The molecule has 0 bridgehead atoms. The maximum absolute atomic E-state index is 9.31. The summed E-state index contributed by atoms with van der Waals surface area (Å²) in [4.78, 5) is 0. The second-order valence-corrected chi connectivity index (χ2v) is 5.40. The minimum absolute atomic E-state index is 0.0213. The lowest BCUT2D eigenvalue weighted by Crippen LogP contribution is -2.24. The summed E-state index contributed by atoms with van der Waals surface area (Å²) in [6.07, 6.45) is -0.933. The lowest BCUT2D eigenvalue weighted by atomic mass is 10.2. The van der Waals surface area contributed by atoms with Crippen LogP contribution in [0.4, 0.5) is 0 Å². The number of benzene rings is 1. The first kappa shape index (κ1) is 16.5. The molecule has 1 atom stereocenters. The number of nitrogens with one attached hydrogen (secondary N) is 1. The highest BCUT2D eigenvalue weighted by Gasteiger charge is 2.13. The fraction of sp³-hybridized carbons (Fsp3) is 0.538. The van der Waals surface area contributed by atoms with Crippen LogP contribution in [0.2, 0.25) is 10.0 Å². The molecule has 0 aliphatic rings. The molecule has 0 spiro atoms. The molecule has 19 heavy (non-hydrogen) atoms. The number of hydrogen-bond acceptors (Lipinski definition) is 4. The molecule has 0 amide bonds. The van der Waals surface area contributed by atoms with Crippen LogP contribution in [0, 0.1) is 0 Å². The Balaban J connectivity index is 2.86. The second kappa shape index (κ2) is 7.92. The van der Waals surface area contributed by atoms with Gasteiger partial charge in [0.25, 0.3) is 0 Å². The van der Waals surface area contributed by atoms with Crippen molar-refractivity contribution in [3.63, 3.8) is 0 Å². The van der Waals surface area contributed by atoms with Gasteiger partial charge in [0.05, 0.1) is 11.6 Å². The maximum atomic E-state index is 9.31. The zero-order valence-electron chi connectivity index (χ0n) is 11.0. The van der Waals surface area contributed by atoms with Crippen molar-refractivity contribution in [1.29, 1.82) is 0 Å². The monoisotopic (exact) mass is 307 g/mol. The summed E-state index contributed by atoms with van der Waals surface area (Å²) < 4.78 is 5.47. The summed E-state index contributed by atoms with van der Waals surface area (Å²) in [5.74, 6) is 0.478. The third kappa shape index (κ3) is 5.55. The van der Waals surface area contributed by atoms with E-state index in [1.165, 1.54) is 0 Å². The van der Waals surface area contributed by atoms with E-state index in [2.05, 4.69) is 5.32 Å². The van der Waals surface area contributed by atoms with Crippen LogP contribution >= 0.6 is 23.2 Å². The Morgan fingerprint density at radius 2 is 2.00 bits per heavy atom. The van der Waals surface area contributed by atoms with E-state index in [4.69, 9.17) is 33.0 Å². The molecular formula is C13H19Cl2NO3. The number of aliphatic hydroxyl groups excluding tert-OH is 2. The van der Waals surface area contributed by atoms with Gasteiger partial charge in [-0.2, -0.15) is 0 Å². The van der Waals surface area contributed by atoms with E-state index in [0.29, 0.717) is 28.4 Å². The normalized spacial score (nSPS) is 12.8. The number of hydrogen-bond donors (Lipinski definition) is 3. The third-order valence-electron chi connectivity index (χ3n) is 2.42. The predicted molar refractivity (Wildman–Crippen MR) is 77.0 cm³/mol. The molecule has 6 heteroatoms. The average molecular weight is 308 g/mol. The highest BCUT2D eigenvalue weighted by Crippen LogP contribution is 2.32. The fourth-order valence-corrected chi connectivity index (χ4v) is 2.04. The Hall–Kier alpha value is -0.520. The standard InChI is InChI=1S/C13H19Cl2NO3/c1-8(2)16-5-9-3-10(14)4-12(15)13(9)19-7-11(18)6-17/h3-4,8,11,16-18H,5-7H2,1-2H3. The van der Waals surface area contributed by atoms with E-state index in [1.54, 1.807) is 12.1 Å². The quantitative estimate of drug-likeness (QED) is 0.723. The van der Waals surface area contributed by atoms with Gasteiger partial charge >= 0.3 is 0 Å². The zero-order valence-corrected chi connectivity index (χ0v) is 12.5. The van der Waals surface area contributed by atoms with Gasteiger partial charge in [-0.3, -0.25) is 0 Å². The van der Waals surface area contributed by atoms with Crippen molar-refractivity contribution in [3.05, 3.63) is 27.7 Å². The molecule has 0 heterocycles. The van der Waals surface area contributed by atoms with E-state index in [0.717, 1.165) is 5.56 Å². The highest BCUT2D eigenvalue weighted by molar-refractivity contribution is 6.35. The van der Waals surface area contributed by atoms with Gasteiger partial charge < -0.3 is 20.3 Å². The lowest BCUT2D eigenvalue weighted by molar-refractivity contribution is 0.0533. The zero-order chi connectivity index (χ0) is 14.4. The van der Waals surface area contributed by atoms with Gasteiger partial charge in [-0.15, -0.1) is 0 Å². The number of aliphatic hydroxyl groups is 2. The van der Waals surface area contributed by atoms with Gasteiger partial charge in [0.2, 0.25) is 0 Å². The summed E-state index contributed by atoms with van der Waals surface area (Å²) in [6.45, 7) is 4.24. The molecule has 108 valence electrons. The van der Waals surface area contributed by atoms with Gasteiger partial charge in [-0.1, -0.05) is 37.0 Å². The van der Waals surface area contributed by atoms with Gasteiger partial charge in [0.1, 0.15) is 18.5 Å². The van der Waals surface area contributed by atoms with Crippen LogP contribution in [0.3, 0.4) is 0 Å².